The third-order valence-electron chi connectivity index (χ3n) is 3.50. The van der Waals surface area contributed by atoms with E-state index in [0.717, 1.165) is 0 Å². The van der Waals surface area contributed by atoms with Gasteiger partial charge in [0.2, 0.25) is 6.79 Å². The quantitative estimate of drug-likeness (QED) is 0.896. The summed E-state index contributed by atoms with van der Waals surface area (Å²) in [6.45, 7) is 0.736. The first-order valence-corrected chi connectivity index (χ1v) is 6.55. The number of carbonyl (C=O) groups excluding carboxylic acids is 1. The van der Waals surface area contributed by atoms with Crippen LogP contribution in [0.25, 0.3) is 0 Å². The Morgan fingerprint density at radius 1 is 1.33 bits per heavy atom. The number of fused-ring (bicyclic) bond motifs is 1. The third kappa shape index (κ3) is 2.87. The highest BCUT2D eigenvalue weighted by Crippen LogP contribution is 2.40. The normalized spacial score (nSPS) is 19.3. The number of amides is 1. The lowest BCUT2D eigenvalue weighted by Gasteiger charge is -2.16. The Labute approximate surface area is 132 Å². The van der Waals surface area contributed by atoms with Crippen LogP contribution in [-0.2, 0) is 4.79 Å². The molecule has 2 aliphatic heterocycles. The zero-order valence-electron chi connectivity index (χ0n) is 10.9. The van der Waals surface area contributed by atoms with Gasteiger partial charge in [0.25, 0.3) is 5.91 Å². The Morgan fingerprint density at radius 2 is 2.10 bits per heavy atom. The number of ether oxygens (including phenoxy) is 2. The third-order valence-corrected chi connectivity index (χ3v) is 3.78. The summed E-state index contributed by atoms with van der Waals surface area (Å²) in [6.07, 6.45) is 0.472. The molecule has 114 valence electrons. The summed E-state index contributed by atoms with van der Waals surface area (Å²) in [5.41, 5.74) is 0.380. The largest absolute Gasteiger partial charge is 0.481 e. The van der Waals surface area contributed by atoms with Gasteiger partial charge in [-0.3, -0.25) is 9.59 Å². The maximum Gasteiger partial charge on any atom is 0.308 e. The van der Waals surface area contributed by atoms with Crippen molar-refractivity contribution in [1.82, 2.24) is 4.90 Å². The number of hydrogen-bond donors (Lipinski definition) is 1. The van der Waals surface area contributed by atoms with Gasteiger partial charge in [-0.1, -0.05) is 11.6 Å². The smallest absolute Gasteiger partial charge is 0.308 e. The summed E-state index contributed by atoms with van der Waals surface area (Å²) in [6, 6.07) is 3.09. The zero-order valence-corrected chi connectivity index (χ0v) is 12.4. The Balaban J connectivity index is 0.00000161. The van der Waals surface area contributed by atoms with Crippen LogP contribution in [0.15, 0.2) is 12.1 Å². The fourth-order valence-electron chi connectivity index (χ4n) is 2.42. The molecule has 0 aromatic heterocycles. The first kappa shape index (κ1) is 15.7. The van der Waals surface area contributed by atoms with E-state index in [1.165, 1.54) is 11.0 Å². The van der Waals surface area contributed by atoms with E-state index in [2.05, 4.69) is 0 Å². The Morgan fingerprint density at radius 3 is 2.76 bits per heavy atom. The Kier molecular flexibility index (Phi) is 4.49. The fourth-order valence-corrected chi connectivity index (χ4v) is 2.68. The Bertz CT molecular complexity index is 592. The minimum atomic E-state index is -0.871. The van der Waals surface area contributed by atoms with Crippen molar-refractivity contribution in [3.63, 3.8) is 0 Å². The summed E-state index contributed by atoms with van der Waals surface area (Å²) in [5.74, 6) is -0.732. The highest BCUT2D eigenvalue weighted by Gasteiger charge is 2.32. The van der Waals surface area contributed by atoms with Crippen molar-refractivity contribution in [2.75, 3.05) is 19.9 Å². The number of carboxylic acids is 1. The monoisotopic (exact) mass is 333 g/mol. The maximum absolute atomic E-state index is 12.3. The van der Waals surface area contributed by atoms with Crippen LogP contribution in [0, 0.1) is 5.92 Å². The molecule has 0 radical (unpaired) electrons. The maximum atomic E-state index is 12.3. The van der Waals surface area contributed by atoms with Crippen LogP contribution in [-0.4, -0.2) is 41.8 Å². The summed E-state index contributed by atoms with van der Waals surface area (Å²) in [4.78, 5) is 24.8. The van der Waals surface area contributed by atoms with Crippen molar-refractivity contribution >= 4 is 35.9 Å². The molecule has 1 saturated heterocycles. The lowest BCUT2D eigenvalue weighted by atomic mass is 10.1. The van der Waals surface area contributed by atoms with E-state index in [1.807, 2.05) is 0 Å². The van der Waals surface area contributed by atoms with Crippen LogP contribution in [0.3, 0.4) is 0 Å². The van der Waals surface area contributed by atoms with Crippen molar-refractivity contribution in [1.29, 1.82) is 0 Å². The molecule has 1 N–H and O–H groups in total. The molecule has 1 fully saturated rings. The van der Waals surface area contributed by atoms with Gasteiger partial charge in [0, 0.05) is 18.7 Å². The van der Waals surface area contributed by atoms with E-state index in [0.29, 0.717) is 35.1 Å². The molecule has 1 amide bonds. The number of carbonyl (C=O) groups is 2. The highest BCUT2D eigenvalue weighted by atomic mass is 35.5. The number of nitrogens with zero attached hydrogens (tertiary/aromatic N) is 1. The summed E-state index contributed by atoms with van der Waals surface area (Å²) in [5, 5.41) is 9.28. The van der Waals surface area contributed by atoms with E-state index in [-0.39, 0.29) is 31.7 Å². The van der Waals surface area contributed by atoms with Gasteiger partial charge in [0.15, 0.2) is 11.5 Å². The van der Waals surface area contributed by atoms with Crippen LogP contribution >= 0.6 is 24.0 Å². The molecule has 1 aromatic rings. The molecular formula is C13H13Cl2NO5. The predicted molar refractivity (Wildman–Crippen MR) is 76.5 cm³/mol. The van der Waals surface area contributed by atoms with E-state index in [4.69, 9.17) is 26.2 Å². The van der Waals surface area contributed by atoms with Crippen molar-refractivity contribution in [2.24, 2.45) is 5.92 Å². The van der Waals surface area contributed by atoms with E-state index < -0.39 is 11.9 Å². The molecule has 1 unspecified atom stereocenters. The number of benzene rings is 1. The van der Waals surface area contributed by atoms with Crippen LogP contribution in [0.5, 0.6) is 11.5 Å². The predicted octanol–water partition coefficient (Wildman–Crippen LogP) is 2.04. The van der Waals surface area contributed by atoms with Gasteiger partial charge in [-0.25, -0.2) is 0 Å². The van der Waals surface area contributed by atoms with Gasteiger partial charge in [0.1, 0.15) is 0 Å². The van der Waals surface area contributed by atoms with Gasteiger partial charge < -0.3 is 19.5 Å². The number of likely N-dealkylation sites (tertiary alicyclic amines) is 1. The molecule has 2 heterocycles. The number of carboxylic acid groups (broad SMARTS) is 1. The first-order chi connectivity index (χ1) is 9.56. The summed E-state index contributed by atoms with van der Waals surface area (Å²) < 4.78 is 10.4. The summed E-state index contributed by atoms with van der Waals surface area (Å²) >= 11 is 6.03. The summed E-state index contributed by atoms with van der Waals surface area (Å²) in [7, 11) is 0. The van der Waals surface area contributed by atoms with Gasteiger partial charge in [-0.2, -0.15) is 0 Å². The fraction of sp³-hybridized carbons (Fsp3) is 0.385. The van der Waals surface area contributed by atoms with Gasteiger partial charge in [-0.15, -0.1) is 12.4 Å². The van der Waals surface area contributed by atoms with Gasteiger partial charge >= 0.3 is 5.97 Å². The molecule has 6 nitrogen and oxygen atoms in total. The molecule has 1 atom stereocenters. The lowest BCUT2D eigenvalue weighted by molar-refractivity contribution is -0.141. The van der Waals surface area contributed by atoms with Crippen molar-refractivity contribution in [2.45, 2.75) is 6.42 Å². The highest BCUT2D eigenvalue weighted by molar-refractivity contribution is 6.32. The second-order valence-electron chi connectivity index (χ2n) is 4.77. The lowest BCUT2D eigenvalue weighted by Crippen LogP contribution is -2.29. The van der Waals surface area contributed by atoms with E-state index >= 15 is 0 Å². The number of halogens is 2. The molecule has 1 aromatic carbocycles. The Hall–Kier alpha value is -1.66. The molecule has 3 rings (SSSR count). The molecule has 0 aliphatic carbocycles. The van der Waals surface area contributed by atoms with Crippen molar-refractivity contribution < 1.29 is 24.2 Å². The SMILES string of the molecule is Cl.O=C(O)C1CCN(C(=O)c2cc(Cl)c3c(c2)OCO3)C1. The molecule has 21 heavy (non-hydrogen) atoms. The van der Waals surface area contributed by atoms with Crippen molar-refractivity contribution in [3.05, 3.63) is 22.7 Å². The average Bonchev–Trinajstić information content (AvgIpc) is 3.06. The molecule has 0 spiro atoms. The van der Waals surface area contributed by atoms with E-state index in [9.17, 15) is 9.59 Å². The van der Waals surface area contributed by atoms with Crippen LogP contribution < -0.4 is 9.47 Å². The molecule has 8 heteroatoms. The molecule has 0 bridgehead atoms. The first-order valence-electron chi connectivity index (χ1n) is 6.17. The van der Waals surface area contributed by atoms with Crippen LogP contribution in [0.2, 0.25) is 5.02 Å². The molecular weight excluding hydrogens is 321 g/mol. The van der Waals surface area contributed by atoms with E-state index in [1.54, 1.807) is 6.07 Å². The van der Waals surface area contributed by atoms with Crippen LogP contribution in [0.1, 0.15) is 16.8 Å². The second kappa shape index (κ2) is 5.99. The minimum absolute atomic E-state index is 0. The van der Waals surface area contributed by atoms with Gasteiger partial charge in [0.05, 0.1) is 10.9 Å². The molecule has 2 aliphatic rings. The van der Waals surface area contributed by atoms with Gasteiger partial charge in [-0.05, 0) is 18.6 Å². The number of aliphatic carboxylic acids is 1. The average molecular weight is 334 g/mol. The number of hydrogen-bond acceptors (Lipinski definition) is 4. The number of rotatable bonds is 2. The zero-order chi connectivity index (χ0) is 14.3. The topological polar surface area (TPSA) is 76.1 Å². The standard InChI is InChI=1S/C13H12ClNO5.ClH/c14-9-3-8(4-10-11(9)20-6-19-10)12(16)15-2-1-7(5-15)13(17)18;/h3-4,7H,1-2,5-6H2,(H,17,18);1H. The van der Waals surface area contributed by atoms with Crippen LogP contribution in [0.4, 0.5) is 0 Å². The minimum Gasteiger partial charge on any atom is -0.481 e. The molecule has 0 saturated carbocycles. The van der Waals surface area contributed by atoms with Crippen molar-refractivity contribution in [3.8, 4) is 11.5 Å². The second-order valence-corrected chi connectivity index (χ2v) is 5.17.